The molecule has 0 aliphatic heterocycles. The van der Waals surface area contributed by atoms with Gasteiger partial charge in [-0.1, -0.05) is 0 Å². The average molecular weight is 281 g/mol. The highest BCUT2D eigenvalue weighted by Crippen LogP contribution is 2.25. The fraction of sp³-hybridized carbons (Fsp3) is 0.188. The van der Waals surface area contributed by atoms with Crippen molar-refractivity contribution in [3.63, 3.8) is 0 Å². The Kier molecular flexibility index (Phi) is 3.64. The second kappa shape index (κ2) is 5.75. The van der Waals surface area contributed by atoms with E-state index in [9.17, 15) is 0 Å². The van der Waals surface area contributed by atoms with Crippen molar-refractivity contribution in [2.45, 2.75) is 20.0 Å². The SMILES string of the molecule is CC(C)Oc1ccc(-c2nnc(-c3cccnc3)o2)cc1. The number of pyridine rings is 1. The summed E-state index contributed by atoms with van der Waals surface area (Å²) in [6.45, 7) is 3.98. The molecule has 0 aliphatic rings. The number of hydrogen-bond donors (Lipinski definition) is 0. The molecule has 0 radical (unpaired) electrons. The molecule has 0 spiro atoms. The number of aromatic nitrogens is 3. The van der Waals surface area contributed by atoms with Crippen LogP contribution in [0.1, 0.15) is 13.8 Å². The quantitative estimate of drug-likeness (QED) is 0.731. The largest absolute Gasteiger partial charge is 0.491 e. The van der Waals surface area contributed by atoms with Gasteiger partial charge in [0.1, 0.15) is 5.75 Å². The molecule has 5 heteroatoms. The number of hydrogen-bond acceptors (Lipinski definition) is 5. The Labute approximate surface area is 122 Å². The van der Waals surface area contributed by atoms with E-state index in [4.69, 9.17) is 9.15 Å². The maximum atomic E-state index is 5.67. The molecule has 5 nitrogen and oxygen atoms in total. The van der Waals surface area contributed by atoms with E-state index in [1.165, 1.54) is 0 Å². The Morgan fingerprint density at radius 2 is 1.67 bits per heavy atom. The van der Waals surface area contributed by atoms with E-state index in [0.29, 0.717) is 11.8 Å². The van der Waals surface area contributed by atoms with Crippen LogP contribution in [0.2, 0.25) is 0 Å². The molecule has 0 bridgehead atoms. The summed E-state index contributed by atoms with van der Waals surface area (Å²) in [5, 5.41) is 8.11. The van der Waals surface area contributed by atoms with Crippen molar-refractivity contribution in [2.24, 2.45) is 0 Å². The van der Waals surface area contributed by atoms with Crippen molar-refractivity contribution in [1.82, 2.24) is 15.2 Å². The van der Waals surface area contributed by atoms with Gasteiger partial charge in [0.25, 0.3) is 0 Å². The predicted octanol–water partition coefficient (Wildman–Crippen LogP) is 3.59. The van der Waals surface area contributed by atoms with Crippen molar-refractivity contribution in [1.29, 1.82) is 0 Å². The molecule has 106 valence electrons. The van der Waals surface area contributed by atoms with Gasteiger partial charge >= 0.3 is 0 Å². The first-order chi connectivity index (χ1) is 10.2. The van der Waals surface area contributed by atoms with Crippen LogP contribution in [-0.2, 0) is 0 Å². The first-order valence-corrected chi connectivity index (χ1v) is 6.73. The Morgan fingerprint density at radius 3 is 2.29 bits per heavy atom. The third kappa shape index (κ3) is 3.08. The van der Waals surface area contributed by atoms with E-state index < -0.39 is 0 Å². The number of ether oxygens (including phenoxy) is 1. The Bertz CT molecular complexity index is 706. The van der Waals surface area contributed by atoms with Crippen LogP contribution in [-0.4, -0.2) is 21.3 Å². The predicted molar refractivity (Wildman–Crippen MR) is 78.7 cm³/mol. The normalized spacial score (nSPS) is 10.8. The zero-order valence-electron chi connectivity index (χ0n) is 11.9. The molecule has 0 N–H and O–H groups in total. The van der Waals surface area contributed by atoms with Gasteiger partial charge in [-0.3, -0.25) is 4.98 Å². The molecule has 0 saturated heterocycles. The molecular formula is C16H15N3O2. The molecule has 0 atom stereocenters. The molecule has 3 rings (SSSR count). The maximum Gasteiger partial charge on any atom is 0.249 e. The standard InChI is InChI=1S/C16H15N3O2/c1-11(2)20-14-7-5-12(6-8-14)15-18-19-16(21-15)13-4-3-9-17-10-13/h3-11H,1-2H3. The zero-order chi connectivity index (χ0) is 14.7. The Balaban J connectivity index is 1.83. The lowest BCUT2D eigenvalue weighted by Crippen LogP contribution is -2.05. The lowest BCUT2D eigenvalue weighted by atomic mass is 10.2. The topological polar surface area (TPSA) is 61.0 Å². The maximum absolute atomic E-state index is 5.67. The molecule has 2 heterocycles. The second-order valence-corrected chi connectivity index (χ2v) is 4.85. The monoisotopic (exact) mass is 281 g/mol. The molecule has 0 fully saturated rings. The van der Waals surface area contributed by atoms with Crippen molar-refractivity contribution in [3.8, 4) is 28.7 Å². The first-order valence-electron chi connectivity index (χ1n) is 6.73. The van der Waals surface area contributed by atoms with Gasteiger partial charge in [-0.25, -0.2) is 0 Å². The van der Waals surface area contributed by atoms with Crippen LogP contribution in [0.4, 0.5) is 0 Å². The second-order valence-electron chi connectivity index (χ2n) is 4.85. The van der Waals surface area contributed by atoms with E-state index in [1.54, 1.807) is 12.4 Å². The molecule has 3 aromatic rings. The third-order valence-corrected chi connectivity index (χ3v) is 2.81. The van der Waals surface area contributed by atoms with Crippen molar-refractivity contribution in [2.75, 3.05) is 0 Å². The fourth-order valence-corrected chi connectivity index (χ4v) is 1.89. The summed E-state index contributed by atoms with van der Waals surface area (Å²) in [5.41, 5.74) is 1.66. The van der Waals surface area contributed by atoms with Crippen LogP contribution in [0, 0.1) is 0 Å². The Morgan fingerprint density at radius 1 is 0.952 bits per heavy atom. The van der Waals surface area contributed by atoms with Gasteiger partial charge in [0.2, 0.25) is 11.8 Å². The fourth-order valence-electron chi connectivity index (χ4n) is 1.89. The number of nitrogens with zero attached hydrogens (tertiary/aromatic N) is 3. The van der Waals surface area contributed by atoms with Crippen molar-refractivity contribution >= 4 is 0 Å². The van der Waals surface area contributed by atoms with Gasteiger partial charge in [0.15, 0.2) is 0 Å². The summed E-state index contributed by atoms with van der Waals surface area (Å²) in [7, 11) is 0. The zero-order valence-corrected chi connectivity index (χ0v) is 11.9. The van der Waals surface area contributed by atoms with Crippen LogP contribution in [0.3, 0.4) is 0 Å². The summed E-state index contributed by atoms with van der Waals surface area (Å²) >= 11 is 0. The highest BCUT2D eigenvalue weighted by atomic mass is 16.5. The van der Waals surface area contributed by atoms with Gasteiger partial charge in [0.05, 0.1) is 11.7 Å². The summed E-state index contributed by atoms with van der Waals surface area (Å²) in [6.07, 6.45) is 3.54. The minimum atomic E-state index is 0.149. The Hall–Kier alpha value is -2.69. The molecule has 0 saturated carbocycles. The summed E-state index contributed by atoms with van der Waals surface area (Å²) in [6, 6.07) is 11.3. The highest BCUT2D eigenvalue weighted by molar-refractivity contribution is 5.57. The smallest absolute Gasteiger partial charge is 0.249 e. The highest BCUT2D eigenvalue weighted by Gasteiger charge is 2.10. The van der Waals surface area contributed by atoms with E-state index in [2.05, 4.69) is 15.2 Å². The van der Waals surface area contributed by atoms with Crippen LogP contribution < -0.4 is 4.74 Å². The van der Waals surface area contributed by atoms with Crippen LogP contribution in [0.25, 0.3) is 22.9 Å². The van der Waals surface area contributed by atoms with Gasteiger partial charge in [-0.05, 0) is 50.2 Å². The van der Waals surface area contributed by atoms with E-state index in [-0.39, 0.29) is 6.10 Å². The third-order valence-electron chi connectivity index (χ3n) is 2.81. The molecule has 1 aromatic carbocycles. The minimum absolute atomic E-state index is 0.149. The minimum Gasteiger partial charge on any atom is -0.491 e. The summed E-state index contributed by atoms with van der Waals surface area (Å²) in [4.78, 5) is 4.04. The average Bonchev–Trinajstić information content (AvgIpc) is 2.98. The van der Waals surface area contributed by atoms with E-state index in [1.807, 2.05) is 50.2 Å². The number of rotatable bonds is 4. The van der Waals surface area contributed by atoms with E-state index in [0.717, 1.165) is 16.9 Å². The van der Waals surface area contributed by atoms with Gasteiger partial charge in [-0.15, -0.1) is 10.2 Å². The molecule has 0 aliphatic carbocycles. The van der Waals surface area contributed by atoms with Crippen molar-refractivity contribution in [3.05, 3.63) is 48.8 Å². The van der Waals surface area contributed by atoms with Gasteiger partial charge in [0, 0.05) is 18.0 Å². The molecule has 2 aromatic heterocycles. The lowest BCUT2D eigenvalue weighted by Gasteiger charge is -2.09. The molecule has 0 amide bonds. The number of benzene rings is 1. The van der Waals surface area contributed by atoms with Crippen LogP contribution in [0.5, 0.6) is 5.75 Å². The summed E-state index contributed by atoms with van der Waals surface area (Å²) in [5.74, 6) is 1.76. The van der Waals surface area contributed by atoms with E-state index >= 15 is 0 Å². The van der Waals surface area contributed by atoms with Crippen molar-refractivity contribution < 1.29 is 9.15 Å². The molecule has 21 heavy (non-hydrogen) atoms. The van der Waals surface area contributed by atoms with Gasteiger partial charge < -0.3 is 9.15 Å². The van der Waals surface area contributed by atoms with Crippen LogP contribution in [0.15, 0.2) is 53.2 Å². The van der Waals surface area contributed by atoms with Gasteiger partial charge in [-0.2, -0.15) is 0 Å². The molecular weight excluding hydrogens is 266 g/mol. The summed E-state index contributed by atoms with van der Waals surface area (Å²) < 4.78 is 11.3. The van der Waals surface area contributed by atoms with Crippen LogP contribution >= 0.6 is 0 Å². The lowest BCUT2D eigenvalue weighted by molar-refractivity contribution is 0.242. The molecule has 0 unspecified atom stereocenters. The first kappa shape index (κ1) is 13.3.